The van der Waals surface area contributed by atoms with Crippen LogP contribution in [0.5, 0.6) is 5.75 Å². The Balaban J connectivity index is 0.000000132. The summed E-state index contributed by atoms with van der Waals surface area (Å²) in [6.07, 6.45) is 1.70. The van der Waals surface area contributed by atoms with E-state index < -0.39 is 40.0 Å². The van der Waals surface area contributed by atoms with Gasteiger partial charge in [0, 0.05) is 11.8 Å². The SMILES string of the molecule is CC(C)(C)[Si](C)(C)Oc1ccc(-c2cccnc2N)cc1.c1ccc(P(c2ccccc2)c2ccccc2)cc1.c1ccc(P(c2ccccc2)c2ccccc2)cc1.c1ccc(P(c2ccccc2)c2ccccc2)cc1.c1ccc(P(c2ccccc2)c2ccccc2)cc1. The Bertz CT molecular complexity index is 3610. The predicted molar refractivity (Wildman–Crippen MR) is 433 cm³/mol. The molecule has 0 aliphatic carbocycles. The average molecular weight is 1350 g/mol. The van der Waals surface area contributed by atoms with Crippen molar-refractivity contribution in [1.29, 1.82) is 0 Å². The van der Waals surface area contributed by atoms with E-state index in [0.29, 0.717) is 5.82 Å². The Morgan fingerprint density at radius 1 is 0.258 bits per heavy atom. The van der Waals surface area contributed by atoms with E-state index >= 15 is 0 Å². The first-order chi connectivity index (χ1) is 47.5. The third-order valence-corrected chi connectivity index (χ3v) is 30.5. The standard InChI is InChI=1S/4C18H15P.C17H24N2OSi/c4*1-4-10-16(11-5-1)19(17-12-6-2-7-13-17)18-14-8-3-9-15-18;1-17(2,3)21(4,5)20-14-10-8-13(9-11-14)15-7-6-12-19-16(15)18/h4*1-15H;6-12H,1-5H3,(H2,18,19). The zero-order chi connectivity index (χ0) is 67.3. The third kappa shape index (κ3) is 20.5. The van der Waals surface area contributed by atoms with Crippen LogP contribution in [0.3, 0.4) is 0 Å². The number of aromatic nitrogens is 1. The molecule has 97 heavy (non-hydrogen) atoms. The van der Waals surface area contributed by atoms with Crippen molar-refractivity contribution < 1.29 is 4.43 Å². The van der Waals surface area contributed by atoms with Crippen molar-refractivity contribution >= 4 is 109 Å². The van der Waals surface area contributed by atoms with Crippen molar-refractivity contribution in [2.75, 3.05) is 5.73 Å². The highest BCUT2D eigenvalue weighted by Gasteiger charge is 2.39. The lowest BCUT2D eigenvalue weighted by molar-refractivity contribution is 0.492. The topological polar surface area (TPSA) is 48.1 Å². The van der Waals surface area contributed by atoms with Crippen LogP contribution in [0.1, 0.15) is 20.8 Å². The number of benzene rings is 13. The molecule has 1 heterocycles. The fraction of sp³-hybridized carbons (Fsp3) is 0.0674. The lowest BCUT2D eigenvalue weighted by Gasteiger charge is -2.36. The van der Waals surface area contributed by atoms with Crippen LogP contribution in [0.15, 0.2) is 407 Å². The van der Waals surface area contributed by atoms with Gasteiger partial charge in [0.05, 0.1) is 0 Å². The first-order valence-electron chi connectivity index (χ1n) is 32.8. The summed E-state index contributed by atoms with van der Waals surface area (Å²) >= 11 is 0. The molecule has 480 valence electrons. The Morgan fingerprint density at radius 3 is 0.608 bits per heavy atom. The van der Waals surface area contributed by atoms with Gasteiger partial charge in [0.1, 0.15) is 11.6 Å². The van der Waals surface area contributed by atoms with Crippen LogP contribution in [0.2, 0.25) is 18.1 Å². The molecule has 3 nitrogen and oxygen atoms in total. The highest BCUT2D eigenvalue weighted by atomic mass is 31.1. The average Bonchev–Trinajstić information content (AvgIpc) is 1.27. The summed E-state index contributed by atoms with van der Waals surface area (Å²) in [5, 5.41) is 17.0. The first kappa shape index (κ1) is 70.4. The van der Waals surface area contributed by atoms with Gasteiger partial charge in [-0.25, -0.2) is 4.98 Å². The van der Waals surface area contributed by atoms with Gasteiger partial charge < -0.3 is 10.2 Å². The smallest absolute Gasteiger partial charge is 0.250 e. The van der Waals surface area contributed by atoms with Gasteiger partial charge in [-0.2, -0.15) is 0 Å². The fourth-order valence-corrected chi connectivity index (χ4v) is 20.8. The number of nitrogens with two attached hydrogens (primary N) is 1. The van der Waals surface area contributed by atoms with Crippen molar-refractivity contribution in [3.8, 4) is 16.9 Å². The zero-order valence-electron chi connectivity index (χ0n) is 55.9. The number of anilines is 1. The van der Waals surface area contributed by atoms with Crippen LogP contribution in [-0.2, 0) is 0 Å². The van der Waals surface area contributed by atoms with Crippen molar-refractivity contribution in [2.45, 2.75) is 38.9 Å². The second-order valence-electron chi connectivity index (χ2n) is 24.2. The minimum Gasteiger partial charge on any atom is -0.544 e. The second kappa shape index (κ2) is 36.6. The molecule has 0 aliphatic heterocycles. The maximum Gasteiger partial charge on any atom is 0.250 e. The lowest BCUT2D eigenvalue weighted by Crippen LogP contribution is -2.43. The van der Waals surface area contributed by atoms with Gasteiger partial charge in [0.2, 0.25) is 8.32 Å². The molecule has 0 unspecified atom stereocenters. The maximum atomic E-state index is 6.28. The number of nitrogen functional groups attached to an aromatic ring is 1. The molecule has 1 aromatic heterocycles. The van der Waals surface area contributed by atoms with Crippen LogP contribution >= 0.6 is 31.7 Å². The van der Waals surface area contributed by atoms with Crippen LogP contribution in [-0.4, -0.2) is 13.3 Å². The quantitative estimate of drug-likeness (QED) is 0.0822. The van der Waals surface area contributed by atoms with Crippen molar-refractivity contribution in [3.05, 3.63) is 407 Å². The Hall–Kier alpha value is -9.45. The number of hydrogen-bond donors (Lipinski definition) is 1. The molecule has 0 atom stereocenters. The summed E-state index contributed by atoms with van der Waals surface area (Å²) in [5.41, 5.74) is 7.93. The van der Waals surface area contributed by atoms with E-state index in [1.165, 1.54) is 63.7 Å². The van der Waals surface area contributed by atoms with Gasteiger partial charge in [-0.1, -0.05) is 397 Å². The molecule has 0 fully saturated rings. The minimum atomic E-state index is -1.79. The Kier molecular flexibility index (Phi) is 26.5. The monoisotopic (exact) mass is 1350 g/mol. The summed E-state index contributed by atoms with van der Waals surface area (Å²) in [4.78, 5) is 4.12. The van der Waals surface area contributed by atoms with Gasteiger partial charge in [-0.15, -0.1) is 0 Å². The highest BCUT2D eigenvalue weighted by Crippen LogP contribution is 2.39. The normalized spacial score (nSPS) is 10.9. The molecule has 0 radical (unpaired) electrons. The van der Waals surface area contributed by atoms with E-state index in [-0.39, 0.29) is 5.04 Å². The van der Waals surface area contributed by atoms with Crippen LogP contribution in [0.25, 0.3) is 11.1 Å². The molecule has 0 aliphatic rings. The van der Waals surface area contributed by atoms with Crippen molar-refractivity contribution in [3.63, 3.8) is 0 Å². The summed E-state index contributed by atoms with van der Waals surface area (Å²) in [5.74, 6) is 1.48. The minimum absolute atomic E-state index is 0.194. The molecular weight excluding hydrogens is 1260 g/mol. The number of nitrogens with zero attached hydrogens (tertiary/aromatic N) is 1. The Labute approximate surface area is 583 Å². The first-order valence-corrected chi connectivity index (χ1v) is 41.1. The molecular formula is C89H84N2OP4Si. The number of hydrogen-bond acceptors (Lipinski definition) is 3. The van der Waals surface area contributed by atoms with Crippen LogP contribution in [0, 0.1) is 0 Å². The summed E-state index contributed by atoms with van der Waals surface area (Å²) in [6.45, 7) is 11.2. The van der Waals surface area contributed by atoms with E-state index in [0.717, 1.165) is 16.9 Å². The molecule has 2 N–H and O–H groups in total. The molecule has 0 spiro atoms. The molecule has 14 rings (SSSR count). The molecule has 0 saturated carbocycles. The fourth-order valence-electron chi connectivity index (χ4n) is 10.5. The number of pyridine rings is 1. The van der Waals surface area contributed by atoms with E-state index in [9.17, 15) is 0 Å². The van der Waals surface area contributed by atoms with E-state index in [4.69, 9.17) is 10.2 Å². The maximum absolute atomic E-state index is 6.28. The van der Waals surface area contributed by atoms with E-state index in [2.05, 4.69) is 403 Å². The Morgan fingerprint density at radius 2 is 0.443 bits per heavy atom. The van der Waals surface area contributed by atoms with E-state index in [1.807, 2.05) is 36.4 Å². The summed E-state index contributed by atoms with van der Waals surface area (Å²) in [6, 6.07) is 141. The lowest BCUT2D eigenvalue weighted by atomic mass is 10.1. The largest absolute Gasteiger partial charge is 0.544 e. The van der Waals surface area contributed by atoms with Gasteiger partial charge >= 0.3 is 0 Å². The molecule has 14 aromatic rings. The molecule has 0 amide bonds. The zero-order valence-corrected chi connectivity index (χ0v) is 60.5. The predicted octanol–water partition coefficient (Wildman–Crippen LogP) is 18.5. The van der Waals surface area contributed by atoms with Crippen LogP contribution < -0.4 is 73.8 Å². The molecule has 8 heteroatoms. The number of rotatable bonds is 15. The summed E-state index contributed by atoms with van der Waals surface area (Å²) in [7, 11) is -3.57. The molecule has 13 aromatic carbocycles. The van der Waals surface area contributed by atoms with Gasteiger partial charge in [-0.3, -0.25) is 0 Å². The molecule has 0 saturated heterocycles. The highest BCUT2D eigenvalue weighted by molar-refractivity contribution is 7.81. The van der Waals surface area contributed by atoms with Gasteiger partial charge in [0.25, 0.3) is 0 Å². The van der Waals surface area contributed by atoms with Crippen molar-refractivity contribution in [1.82, 2.24) is 4.98 Å². The summed E-state index contributed by atoms with van der Waals surface area (Å²) < 4.78 is 6.28. The van der Waals surface area contributed by atoms with Crippen LogP contribution in [0.4, 0.5) is 5.82 Å². The third-order valence-electron chi connectivity index (χ3n) is 16.4. The van der Waals surface area contributed by atoms with Crippen molar-refractivity contribution in [2.24, 2.45) is 0 Å². The van der Waals surface area contributed by atoms with E-state index in [1.54, 1.807) is 6.20 Å². The molecule has 0 bridgehead atoms. The van der Waals surface area contributed by atoms with Gasteiger partial charge in [0.15, 0.2) is 0 Å². The second-order valence-corrected chi connectivity index (χ2v) is 37.8. The van der Waals surface area contributed by atoms with Gasteiger partial charge in [-0.05, 0) is 143 Å².